The molecule has 0 aliphatic carbocycles. The third kappa shape index (κ3) is 3.93. The van der Waals surface area contributed by atoms with Crippen LogP contribution >= 0.6 is 0 Å². The monoisotopic (exact) mass is 292 g/mol. The van der Waals surface area contributed by atoms with Crippen molar-refractivity contribution in [2.75, 3.05) is 32.2 Å². The molecular weight excluding hydrogens is 272 g/mol. The number of hydrogen-bond donors (Lipinski definition) is 1. The van der Waals surface area contributed by atoms with E-state index in [1.807, 2.05) is 11.9 Å². The zero-order valence-electron chi connectivity index (χ0n) is 12.3. The first kappa shape index (κ1) is 15.3. The molecule has 2 N–H and O–H groups in total. The average Bonchev–Trinajstić information content (AvgIpc) is 2.94. The Hall–Kier alpha value is -2.12. The smallest absolute Gasteiger partial charge is 0.269 e. The number of methoxy groups -OCH3 is 1. The van der Waals surface area contributed by atoms with E-state index in [1.54, 1.807) is 31.5 Å². The first-order valence-corrected chi connectivity index (χ1v) is 6.69. The molecule has 0 saturated heterocycles. The van der Waals surface area contributed by atoms with E-state index < -0.39 is 0 Å². The third-order valence-electron chi connectivity index (χ3n) is 3.15. The van der Waals surface area contributed by atoms with Gasteiger partial charge in [0.15, 0.2) is 0 Å². The molecule has 7 heteroatoms. The predicted octanol–water partition coefficient (Wildman–Crippen LogP) is 0.426. The van der Waals surface area contributed by atoms with Gasteiger partial charge < -0.3 is 19.8 Å². The highest BCUT2D eigenvalue weighted by molar-refractivity contribution is 5.41. The lowest BCUT2D eigenvalue weighted by molar-refractivity contribution is 0.206. The molecule has 0 unspecified atom stereocenters. The quantitative estimate of drug-likeness (QED) is 0.796. The van der Waals surface area contributed by atoms with Gasteiger partial charge in [-0.15, -0.1) is 0 Å². The van der Waals surface area contributed by atoms with Gasteiger partial charge in [-0.2, -0.15) is 5.10 Å². The Morgan fingerprint density at radius 1 is 1.43 bits per heavy atom. The van der Waals surface area contributed by atoms with Crippen LogP contribution in [-0.4, -0.2) is 37.1 Å². The lowest BCUT2D eigenvalue weighted by Crippen LogP contribution is -2.27. The summed E-state index contributed by atoms with van der Waals surface area (Å²) in [7, 11) is 3.53. The number of nitrogens with zero attached hydrogens (tertiary/aromatic N) is 3. The molecule has 2 rings (SSSR count). The zero-order valence-corrected chi connectivity index (χ0v) is 12.3. The van der Waals surface area contributed by atoms with Gasteiger partial charge in [-0.1, -0.05) is 0 Å². The minimum absolute atomic E-state index is 0.178. The molecule has 2 aromatic rings. The van der Waals surface area contributed by atoms with Crippen molar-refractivity contribution in [2.24, 2.45) is 5.73 Å². The molecule has 114 valence electrons. The maximum Gasteiger partial charge on any atom is 0.269 e. The standard InChI is InChI=1S/C14H20N4O3/c1-17(5-6-20-2)11-7-14(19)18(16-9-11)10-13-4-3-12(8-15)21-13/h3-4,7,9H,5-6,8,10,15H2,1-2H3. The summed E-state index contributed by atoms with van der Waals surface area (Å²) >= 11 is 0. The highest BCUT2D eigenvalue weighted by atomic mass is 16.5. The Morgan fingerprint density at radius 2 is 2.19 bits per heavy atom. The summed E-state index contributed by atoms with van der Waals surface area (Å²) in [5.41, 5.74) is 6.07. The molecular formula is C14H20N4O3. The van der Waals surface area contributed by atoms with Crippen LogP contribution in [0.1, 0.15) is 11.5 Å². The van der Waals surface area contributed by atoms with Crippen molar-refractivity contribution >= 4 is 5.69 Å². The molecule has 0 fully saturated rings. The number of aromatic nitrogens is 2. The lowest BCUT2D eigenvalue weighted by Gasteiger charge is -2.18. The van der Waals surface area contributed by atoms with Crippen LogP contribution in [0.15, 0.2) is 33.6 Å². The van der Waals surface area contributed by atoms with Gasteiger partial charge >= 0.3 is 0 Å². The fourth-order valence-electron chi connectivity index (χ4n) is 1.87. The second-order valence-electron chi connectivity index (χ2n) is 4.70. The van der Waals surface area contributed by atoms with Crippen LogP contribution in [0.3, 0.4) is 0 Å². The van der Waals surface area contributed by atoms with Gasteiger partial charge in [-0.3, -0.25) is 4.79 Å². The molecule has 0 amide bonds. The first-order valence-electron chi connectivity index (χ1n) is 6.69. The highest BCUT2D eigenvalue weighted by Crippen LogP contribution is 2.09. The molecule has 2 heterocycles. The van der Waals surface area contributed by atoms with Crippen molar-refractivity contribution in [1.82, 2.24) is 9.78 Å². The lowest BCUT2D eigenvalue weighted by atomic mass is 10.4. The number of ether oxygens (including phenoxy) is 1. The highest BCUT2D eigenvalue weighted by Gasteiger charge is 2.07. The summed E-state index contributed by atoms with van der Waals surface area (Å²) in [4.78, 5) is 14.0. The van der Waals surface area contributed by atoms with Crippen LogP contribution in [0, 0.1) is 0 Å². The van der Waals surface area contributed by atoms with Crippen molar-refractivity contribution in [2.45, 2.75) is 13.1 Å². The van der Waals surface area contributed by atoms with Gasteiger partial charge in [0, 0.05) is 26.8 Å². The van der Waals surface area contributed by atoms with Gasteiger partial charge in [-0.05, 0) is 12.1 Å². The Kier molecular flexibility index (Phi) is 5.13. The van der Waals surface area contributed by atoms with E-state index in [0.29, 0.717) is 37.8 Å². The first-order chi connectivity index (χ1) is 10.1. The molecule has 0 atom stereocenters. The molecule has 0 aromatic carbocycles. The van der Waals surface area contributed by atoms with Crippen molar-refractivity contribution in [3.05, 3.63) is 46.3 Å². The average molecular weight is 292 g/mol. The van der Waals surface area contributed by atoms with Crippen molar-refractivity contribution in [3.63, 3.8) is 0 Å². The van der Waals surface area contributed by atoms with Crippen LogP contribution in [0.25, 0.3) is 0 Å². The number of anilines is 1. The number of likely N-dealkylation sites (N-methyl/N-ethyl adjacent to an activating group) is 1. The molecule has 0 spiro atoms. The van der Waals surface area contributed by atoms with Crippen LogP contribution in [-0.2, 0) is 17.8 Å². The Morgan fingerprint density at radius 3 is 2.81 bits per heavy atom. The minimum atomic E-state index is -0.178. The summed E-state index contributed by atoms with van der Waals surface area (Å²) in [6, 6.07) is 5.15. The topological polar surface area (TPSA) is 86.5 Å². The zero-order chi connectivity index (χ0) is 15.2. The normalized spacial score (nSPS) is 10.8. The fraction of sp³-hybridized carbons (Fsp3) is 0.429. The molecule has 21 heavy (non-hydrogen) atoms. The Labute approximate surface area is 122 Å². The Balaban J connectivity index is 2.10. The summed E-state index contributed by atoms with van der Waals surface area (Å²) in [6.07, 6.45) is 1.66. The molecule has 2 aromatic heterocycles. The SMILES string of the molecule is COCCN(C)c1cnn(Cc2ccc(CN)o2)c(=O)c1. The molecule has 0 aliphatic heterocycles. The number of nitrogens with two attached hydrogens (primary N) is 1. The maximum absolute atomic E-state index is 12.1. The van der Waals surface area contributed by atoms with E-state index in [2.05, 4.69) is 5.10 Å². The van der Waals surface area contributed by atoms with E-state index in [-0.39, 0.29) is 5.56 Å². The van der Waals surface area contributed by atoms with Crippen LogP contribution in [0.2, 0.25) is 0 Å². The number of furan rings is 1. The van der Waals surface area contributed by atoms with Gasteiger partial charge in [0.2, 0.25) is 0 Å². The molecule has 0 saturated carbocycles. The van der Waals surface area contributed by atoms with Crippen LogP contribution in [0.4, 0.5) is 5.69 Å². The van der Waals surface area contributed by atoms with E-state index >= 15 is 0 Å². The minimum Gasteiger partial charge on any atom is -0.463 e. The van der Waals surface area contributed by atoms with E-state index in [4.69, 9.17) is 14.9 Å². The molecule has 0 bridgehead atoms. The van der Waals surface area contributed by atoms with E-state index in [9.17, 15) is 4.79 Å². The van der Waals surface area contributed by atoms with Gasteiger partial charge in [0.1, 0.15) is 18.1 Å². The second kappa shape index (κ2) is 7.05. The maximum atomic E-state index is 12.1. The predicted molar refractivity (Wildman–Crippen MR) is 79.3 cm³/mol. The van der Waals surface area contributed by atoms with E-state index in [1.165, 1.54) is 4.68 Å². The summed E-state index contributed by atoms with van der Waals surface area (Å²) in [6.45, 7) is 1.92. The number of rotatable bonds is 7. The largest absolute Gasteiger partial charge is 0.463 e. The van der Waals surface area contributed by atoms with Gasteiger partial charge in [-0.25, -0.2) is 4.68 Å². The summed E-state index contributed by atoms with van der Waals surface area (Å²) in [5, 5.41) is 4.17. The van der Waals surface area contributed by atoms with Crippen LogP contribution in [0.5, 0.6) is 0 Å². The van der Waals surface area contributed by atoms with E-state index in [0.717, 1.165) is 5.69 Å². The van der Waals surface area contributed by atoms with Crippen LogP contribution < -0.4 is 16.2 Å². The third-order valence-corrected chi connectivity index (χ3v) is 3.15. The molecule has 0 radical (unpaired) electrons. The summed E-state index contributed by atoms with van der Waals surface area (Å²) < 4.78 is 11.8. The fourth-order valence-corrected chi connectivity index (χ4v) is 1.87. The van der Waals surface area contributed by atoms with Crippen molar-refractivity contribution in [3.8, 4) is 0 Å². The van der Waals surface area contributed by atoms with Gasteiger partial charge in [0.05, 0.1) is 25.0 Å². The second-order valence-corrected chi connectivity index (χ2v) is 4.70. The molecule has 0 aliphatic rings. The summed E-state index contributed by atoms with van der Waals surface area (Å²) in [5.74, 6) is 1.35. The van der Waals surface area contributed by atoms with Crippen molar-refractivity contribution < 1.29 is 9.15 Å². The van der Waals surface area contributed by atoms with Crippen molar-refractivity contribution in [1.29, 1.82) is 0 Å². The van der Waals surface area contributed by atoms with Gasteiger partial charge in [0.25, 0.3) is 5.56 Å². The molecule has 7 nitrogen and oxygen atoms in total. The Bertz CT molecular complexity index is 635. The number of hydrogen-bond acceptors (Lipinski definition) is 6.